The van der Waals surface area contributed by atoms with Crippen LogP contribution in [0.2, 0.25) is 0 Å². The molecule has 0 unspecified atom stereocenters. The first-order valence-corrected chi connectivity index (χ1v) is 3.20. The summed E-state index contributed by atoms with van der Waals surface area (Å²) >= 11 is 0. The molecule has 2 atom stereocenters. The molecule has 0 radical (unpaired) electrons. The molecule has 0 aromatic rings. The Morgan fingerprint density at radius 3 is 2.75 bits per heavy atom. The quantitative estimate of drug-likeness (QED) is 0.470. The molecule has 1 aliphatic rings. The second kappa shape index (κ2) is 2.46. The van der Waals surface area contributed by atoms with Gasteiger partial charge in [-0.05, 0) is 26.3 Å². The minimum Gasteiger partial charge on any atom is -0.393 e. The zero-order chi connectivity index (χ0) is 5.98. The van der Waals surface area contributed by atoms with Gasteiger partial charge in [-0.2, -0.15) is 0 Å². The average molecular weight is 115 g/mol. The Morgan fingerprint density at radius 1 is 1.62 bits per heavy atom. The van der Waals surface area contributed by atoms with Gasteiger partial charge >= 0.3 is 0 Å². The maximum absolute atomic E-state index is 9.04. The van der Waals surface area contributed by atoms with E-state index in [1.807, 2.05) is 0 Å². The molecule has 0 aromatic heterocycles. The SMILES string of the molecule is C[C@@H]1C[C@H](O)CCN1. The predicted molar refractivity (Wildman–Crippen MR) is 32.7 cm³/mol. The van der Waals surface area contributed by atoms with Crippen LogP contribution in [0, 0.1) is 0 Å². The Bertz CT molecular complexity index is 66.9. The molecule has 2 nitrogen and oxygen atoms in total. The van der Waals surface area contributed by atoms with Crippen molar-refractivity contribution in [2.75, 3.05) is 6.54 Å². The van der Waals surface area contributed by atoms with Crippen LogP contribution in [0.5, 0.6) is 0 Å². The number of rotatable bonds is 0. The predicted octanol–water partition coefficient (Wildman–Crippen LogP) is 0.119. The van der Waals surface area contributed by atoms with Crippen molar-refractivity contribution < 1.29 is 5.11 Å². The van der Waals surface area contributed by atoms with Gasteiger partial charge in [0.1, 0.15) is 0 Å². The smallest absolute Gasteiger partial charge is 0.0567 e. The molecule has 0 spiro atoms. The highest BCUT2D eigenvalue weighted by molar-refractivity contribution is 4.73. The summed E-state index contributed by atoms with van der Waals surface area (Å²) in [5.41, 5.74) is 0. The molecule has 1 saturated heterocycles. The van der Waals surface area contributed by atoms with E-state index in [9.17, 15) is 0 Å². The summed E-state index contributed by atoms with van der Waals surface area (Å²) in [6, 6.07) is 0.513. The van der Waals surface area contributed by atoms with E-state index >= 15 is 0 Å². The second-order valence-corrected chi connectivity index (χ2v) is 2.53. The minimum absolute atomic E-state index is 0.0498. The van der Waals surface area contributed by atoms with Crippen LogP contribution in [-0.4, -0.2) is 23.8 Å². The van der Waals surface area contributed by atoms with Crippen LogP contribution in [0.15, 0.2) is 0 Å². The molecule has 48 valence electrons. The Labute approximate surface area is 49.9 Å². The molecular formula is C6H13NO. The largest absolute Gasteiger partial charge is 0.393 e. The Hall–Kier alpha value is -0.0800. The molecule has 0 amide bonds. The van der Waals surface area contributed by atoms with E-state index in [2.05, 4.69) is 12.2 Å². The summed E-state index contributed by atoms with van der Waals surface area (Å²) < 4.78 is 0. The Morgan fingerprint density at radius 2 is 2.38 bits per heavy atom. The van der Waals surface area contributed by atoms with Crippen molar-refractivity contribution in [3.8, 4) is 0 Å². The highest BCUT2D eigenvalue weighted by atomic mass is 16.3. The fourth-order valence-corrected chi connectivity index (χ4v) is 1.11. The van der Waals surface area contributed by atoms with Crippen LogP contribution in [0.4, 0.5) is 0 Å². The van der Waals surface area contributed by atoms with Crippen molar-refractivity contribution in [3.63, 3.8) is 0 Å². The lowest BCUT2D eigenvalue weighted by atomic mass is 10.0. The summed E-state index contributed by atoms with van der Waals surface area (Å²) in [5.74, 6) is 0. The second-order valence-electron chi connectivity index (χ2n) is 2.53. The molecule has 0 bridgehead atoms. The highest BCUT2D eigenvalue weighted by Gasteiger charge is 2.14. The first-order valence-electron chi connectivity index (χ1n) is 3.20. The molecule has 1 rings (SSSR count). The molecule has 2 heteroatoms. The van der Waals surface area contributed by atoms with E-state index < -0.39 is 0 Å². The third-order valence-corrected chi connectivity index (χ3v) is 1.60. The van der Waals surface area contributed by atoms with E-state index in [0.29, 0.717) is 6.04 Å². The molecule has 1 fully saturated rings. The van der Waals surface area contributed by atoms with Gasteiger partial charge in [0.05, 0.1) is 6.10 Å². The van der Waals surface area contributed by atoms with E-state index in [0.717, 1.165) is 19.4 Å². The average Bonchev–Trinajstić information content (AvgIpc) is 1.64. The minimum atomic E-state index is -0.0498. The van der Waals surface area contributed by atoms with Gasteiger partial charge in [-0.3, -0.25) is 0 Å². The maximum atomic E-state index is 9.04. The van der Waals surface area contributed by atoms with Crippen LogP contribution in [0.3, 0.4) is 0 Å². The zero-order valence-electron chi connectivity index (χ0n) is 5.22. The van der Waals surface area contributed by atoms with Gasteiger partial charge in [-0.25, -0.2) is 0 Å². The van der Waals surface area contributed by atoms with E-state index in [1.165, 1.54) is 0 Å². The summed E-state index contributed by atoms with van der Waals surface area (Å²) in [6.07, 6.45) is 1.79. The van der Waals surface area contributed by atoms with Crippen LogP contribution < -0.4 is 5.32 Å². The van der Waals surface area contributed by atoms with E-state index in [-0.39, 0.29) is 6.10 Å². The van der Waals surface area contributed by atoms with Gasteiger partial charge in [-0.1, -0.05) is 0 Å². The molecule has 8 heavy (non-hydrogen) atoms. The van der Waals surface area contributed by atoms with Gasteiger partial charge in [0.15, 0.2) is 0 Å². The number of nitrogens with one attached hydrogen (secondary N) is 1. The summed E-state index contributed by atoms with van der Waals surface area (Å²) in [7, 11) is 0. The van der Waals surface area contributed by atoms with Crippen molar-refractivity contribution >= 4 is 0 Å². The topological polar surface area (TPSA) is 32.3 Å². The number of hydrogen-bond acceptors (Lipinski definition) is 2. The molecule has 2 N–H and O–H groups in total. The summed E-state index contributed by atoms with van der Waals surface area (Å²) in [4.78, 5) is 0. The zero-order valence-corrected chi connectivity index (χ0v) is 5.22. The summed E-state index contributed by atoms with van der Waals surface area (Å²) in [5, 5.41) is 12.3. The fourth-order valence-electron chi connectivity index (χ4n) is 1.11. The van der Waals surface area contributed by atoms with Crippen molar-refractivity contribution in [1.82, 2.24) is 5.32 Å². The molecule has 0 saturated carbocycles. The third kappa shape index (κ3) is 1.46. The lowest BCUT2D eigenvalue weighted by Gasteiger charge is -2.23. The molecule has 1 heterocycles. The van der Waals surface area contributed by atoms with Crippen LogP contribution >= 0.6 is 0 Å². The maximum Gasteiger partial charge on any atom is 0.0567 e. The monoisotopic (exact) mass is 115 g/mol. The van der Waals surface area contributed by atoms with Crippen molar-refractivity contribution in [2.24, 2.45) is 0 Å². The molecular weight excluding hydrogens is 102 g/mol. The molecule has 1 aliphatic heterocycles. The van der Waals surface area contributed by atoms with Crippen molar-refractivity contribution in [3.05, 3.63) is 0 Å². The van der Waals surface area contributed by atoms with Gasteiger partial charge in [0.25, 0.3) is 0 Å². The van der Waals surface area contributed by atoms with E-state index in [1.54, 1.807) is 0 Å². The van der Waals surface area contributed by atoms with E-state index in [4.69, 9.17) is 5.11 Å². The fraction of sp³-hybridized carbons (Fsp3) is 1.00. The van der Waals surface area contributed by atoms with Crippen molar-refractivity contribution in [1.29, 1.82) is 0 Å². The number of aliphatic hydroxyl groups is 1. The lowest BCUT2D eigenvalue weighted by molar-refractivity contribution is 0.120. The normalized spacial score (nSPS) is 39.8. The van der Waals surface area contributed by atoms with Crippen molar-refractivity contribution in [2.45, 2.75) is 31.9 Å². The number of aliphatic hydroxyl groups excluding tert-OH is 1. The van der Waals surface area contributed by atoms with Crippen LogP contribution in [0.1, 0.15) is 19.8 Å². The van der Waals surface area contributed by atoms with Gasteiger partial charge < -0.3 is 10.4 Å². The third-order valence-electron chi connectivity index (χ3n) is 1.60. The Kier molecular flexibility index (Phi) is 1.86. The highest BCUT2D eigenvalue weighted by Crippen LogP contribution is 2.06. The van der Waals surface area contributed by atoms with Gasteiger partial charge in [-0.15, -0.1) is 0 Å². The van der Waals surface area contributed by atoms with Gasteiger partial charge in [0, 0.05) is 6.04 Å². The van der Waals surface area contributed by atoms with Crippen LogP contribution in [-0.2, 0) is 0 Å². The molecule has 0 aliphatic carbocycles. The van der Waals surface area contributed by atoms with Gasteiger partial charge in [0.2, 0.25) is 0 Å². The Balaban J connectivity index is 2.23. The summed E-state index contributed by atoms with van der Waals surface area (Å²) in [6.45, 7) is 3.07. The first kappa shape index (κ1) is 6.05. The van der Waals surface area contributed by atoms with Crippen LogP contribution in [0.25, 0.3) is 0 Å². The lowest BCUT2D eigenvalue weighted by Crippen LogP contribution is -2.37. The number of hydrogen-bond donors (Lipinski definition) is 2. The standard InChI is InChI=1S/C6H13NO/c1-5-4-6(8)2-3-7-5/h5-8H,2-4H2,1H3/t5-,6-/m1/s1. The number of piperidine rings is 1. The first-order chi connectivity index (χ1) is 3.79. The molecule has 0 aromatic carbocycles.